The third kappa shape index (κ3) is 4.10. The van der Waals surface area contributed by atoms with Gasteiger partial charge in [-0.25, -0.2) is 0 Å². The topological polar surface area (TPSA) is 38.3 Å². The van der Waals surface area contributed by atoms with Gasteiger partial charge in [-0.3, -0.25) is 4.79 Å². The minimum atomic E-state index is -0.0671. The molecular weight excluding hydrogens is 318 g/mol. The highest BCUT2D eigenvalue weighted by Gasteiger charge is 2.06. The smallest absolute Gasteiger partial charge is 0.251 e. The number of halogens is 1. The lowest BCUT2D eigenvalue weighted by Gasteiger charge is -2.09. The first-order valence-corrected chi connectivity index (χ1v) is 7.18. The molecule has 20 heavy (non-hydrogen) atoms. The van der Waals surface area contributed by atoms with E-state index < -0.39 is 0 Å². The van der Waals surface area contributed by atoms with Crippen molar-refractivity contribution in [2.45, 2.75) is 6.92 Å². The summed E-state index contributed by atoms with van der Waals surface area (Å²) < 4.78 is 6.55. The zero-order chi connectivity index (χ0) is 14.4. The lowest BCUT2D eigenvalue weighted by molar-refractivity contribution is 0.0946. The van der Waals surface area contributed by atoms with Crippen LogP contribution in [-0.2, 0) is 0 Å². The summed E-state index contributed by atoms with van der Waals surface area (Å²) in [5, 5.41) is 2.85. The van der Waals surface area contributed by atoms with Crippen LogP contribution in [0.1, 0.15) is 15.9 Å². The van der Waals surface area contributed by atoms with Crippen LogP contribution < -0.4 is 10.1 Å². The van der Waals surface area contributed by atoms with Gasteiger partial charge >= 0.3 is 0 Å². The van der Waals surface area contributed by atoms with Gasteiger partial charge < -0.3 is 10.1 Å². The van der Waals surface area contributed by atoms with Gasteiger partial charge in [-0.2, -0.15) is 0 Å². The van der Waals surface area contributed by atoms with Crippen LogP contribution in [0.2, 0.25) is 0 Å². The number of nitrogens with one attached hydrogen (secondary N) is 1. The van der Waals surface area contributed by atoms with Gasteiger partial charge in [0.15, 0.2) is 0 Å². The Morgan fingerprint density at radius 1 is 1.15 bits per heavy atom. The molecule has 0 atom stereocenters. The summed E-state index contributed by atoms with van der Waals surface area (Å²) in [5.41, 5.74) is 1.68. The van der Waals surface area contributed by atoms with Gasteiger partial charge in [0.1, 0.15) is 12.4 Å². The maximum absolute atomic E-state index is 11.9. The summed E-state index contributed by atoms with van der Waals surface area (Å²) in [4.78, 5) is 11.9. The summed E-state index contributed by atoms with van der Waals surface area (Å²) in [6.45, 7) is 2.84. The molecule has 0 aliphatic carbocycles. The molecule has 0 bridgehead atoms. The summed E-state index contributed by atoms with van der Waals surface area (Å²) in [7, 11) is 0. The van der Waals surface area contributed by atoms with Gasteiger partial charge in [0.05, 0.1) is 6.54 Å². The van der Waals surface area contributed by atoms with E-state index >= 15 is 0 Å². The minimum absolute atomic E-state index is 0.0671. The molecule has 1 N–H and O–H groups in total. The first-order chi connectivity index (χ1) is 9.66. The SMILES string of the molecule is Cc1ccccc1C(=O)NCCOc1ccc(Br)cc1. The van der Waals surface area contributed by atoms with Crippen molar-refractivity contribution in [3.8, 4) is 5.75 Å². The van der Waals surface area contributed by atoms with E-state index in [9.17, 15) is 4.79 Å². The van der Waals surface area contributed by atoms with Crippen molar-refractivity contribution in [2.24, 2.45) is 0 Å². The van der Waals surface area contributed by atoms with E-state index in [-0.39, 0.29) is 5.91 Å². The van der Waals surface area contributed by atoms with E-state index in [1.807, 2.05) is 55.5 Å². The highest BCUT2D eigenvalue weighted by atomic mass is 79.9. The second kappa shape index (κ2) is 7.10. The lowest BCUT2D eigenvalue weighted by atomic mass is 10.1. The zero-order valence-electron chi connectivity index (χ0n) is 11.2. The fraction of sp³-hybridized carbons (Fsp3) is 0.188. The molecule has 0 unspecified atom stereocenters. The Balaban J connectivity index is 1.77. The number of benzene rings is 2. The van der Waals surface area contributed by atoms with Crippen molar-refractivity contribution in [1.29, 1.82) is 0 Å². The molecule has 0 radical (unpaired) electrons. The number of ether oxygens (including phenoxy) is 1. The molecule has 104 valence electrons. The maximum atomic E-state index is 11.9. The molecule has 0 fully saturated rings. The third-order valence-electron chi connectivity index (χ3n) is 2.86. The van der Waals surface area contributed by atoms with Gasteiger partial charge in [0.25, 0.3) is 5.91 Å². The molecule has 0 spiro atoms. The summed E-state index contributed by atoms with van der Waals surface area (Å²) >= 11 is 3.37. The van der Waals surface area contributed by atoms with E-state index in [1.165, 1.54) is 0 Å². The average molecular weight is 334 g/mol. The molecule has 2 rings (SSSR count). The Hall–Kier alpha value is -1.81. The number of hydrogen-bond acceptors (Lipinski definition) is 2. The molecule has 0 aliphatic heterocycles. The molecule has 2 aromatic carbocycles. The number of carbonyl (C=O) groups excluding carboxylic acids is 1. The van der Waals surface area contributed by atoms with Crippen molar-refractivity contribution >= 4 is 21.8 Å². The summed E-state index contributed by atoms with van der Waals surface area (Å²) in [6, 6.07) is 15.1. The van der Waals surface area contributed by atoms with Gasteiger partial charge in [0, 0.05) is 10.0 Å². The Kier molecular flexibility index (Phi) is 5.18. The molecule has 1 amide bonds. The third-order valence-corrected chi connectivity index (χ3v) is 3.39. The molecule has 4 heteroatoms. The number of hydrogen-bond donors (Lipinski definition) is 1. The van der Waals surface area contributed by atoms with Crippen LogP contribution in [0.4, 0.5) is 0 Å². The molecule has 0 saturated carbocycles. The van der Waals surface area contributed by atoms with Gasteiger partial charge in [-0.15, -0.1) is 0 Å². The van der Waals surface area contributed by atoms with Gasteiger partial charge in [-0.1, -0.05) is 34.1 Å². The van der Waals surface area contributed by atoms with Crippen LogP contribution in [0.15, 0.2) is 53.0 Å². The molecule has 2 aromatic rings. The van der Waals surface area contributed by atoms with Gasteiger partial charge in [0.2, 0.25) is 0 Å². The van der Waals surface area contributed by atoms with Crippen LogP contribution in [-0.4, -0.2) is 19.1 Å². The monoisotopic (exact) mass is 333 g/mol. The number of amides is 1. The van der Waals surface area contributed by atoms with Gasteiger partial charge in [-0.05, 0) is 42.8 Å². The summed E-state index contributed by atoms with van der Waals surface area (Å²) in [5.74, 6) is 0.723. The molecule has 0 aromatic heterocycles. The first-order valence-electron chi connectivity index (χ1n) is 6.39. The molecule has 0 saturated heterocycles. The summed E-state index contributed by atoms with van der Waals surface area (Å²) in [6.07, 6.45) is 0. The van der Waals surface area contributed by atoms with Crippen molar-refractivity contribution in [3.63, 3.8) is 0 Å². The van der Waals surface area contributed by atoms with E-state index in [1.54, 1.807) is 0 Å². The normalized spacial score (nSPS) is 10.1. The van der Waals surface area contributed by atoms with Crippen LogP contribution in [0.25, 0.3) is 0 Å². The van der Waals surface area contributed by atoms with E-state index in [0.717, 1.165) is 15.8 Å². The number of carbonyl (C=O) groups is 1. The number of rotatable bonds is 5. The van der Waals surface area contributed by atoms with E-state index in [4.69, 9.17) is 4.74 Å². The molecular formula is C16H16BrNO2. The lowest BCUT2D eigenvalue weighted by Crippen LogP contribution is -2.28. The molecule has 3 nitrogen and oxygen atoms in total. The zero-order valence-corrected chi connectivity index (χ0v) is 12.8. The van der Waals surface area contributed by atoms with Crippen molar-refractivity contribution in [3.05, 3.63) is 64.1 Å². The standard InChI is InChI=1S/C16H16BrNO2/c1-12-4-2-3-5-15(12)16(19)18-10-11-20-14-8-6-13(17)7-9-14/h2-9H,10-11H2,1H3,(H,18,19). The maximum Gasteiger partial charge on any atom is 0.251 e. The second-order valence-electron chi connectivity index (χ2n) is 4.37. The van der Waals surface area contributed by atoms with Crippen LogP contribution in [0.3, 0.4) is 0 Å². The second-order valence-corrected chi connectivity index (χ2v) is 5.29. The highest BCUT2D eigenvalue weighted by Crippen LogP contribution is 2.15. The van der Waals surface area contributed by atoms with Crippen LogP contribution in [0, 0.1) is 6.92 Å². The average Bonchev–Trinajstić information content (AvgIpc) is 2.46. The van der Waals surface area contributed by atoms with E-state index in [0.29, 0.717) is 18.7 Å². The first kappa shape index (κ1) is 14.6. The predicted molar refractivity (Wildman–Crippen MR) is 83.1 cm³/mol. The van der Waals surface area contributed by atoms with Crippen molar-refractivity contribution < 1.29 is 9.53 Å². The minimum Gasteiger partial charge on any atom is -0.492 e. The highest BCUT2D eigenvalue weighted by molar-refractivity contribution is 9.10. The predicted octanol–water partition coefficient (Wildman–Crippen LogP) is 3.57. The quantitative estimate of drug-likeness (QED) is 0.849. The fourth-order valence-corrected chi connectivity index (χ4v) is 2.05. The molecule has 0 aliphatic rings. The van der Waals surface area contributed by atoms with Crippen molar-refractivity contribution in [2.75, 3.05) is 13.2 Å². The Bertz CT molecular complexity index is 581. The Morgan fingerprint density at radius 3 is 2.55 bits per heavy atom. The van der Waals surface area contributed by atoms with Crippen molar-refractivity contribution in [1.82, 2.24) is 5.32 Å². The van der Waals surface area contributed by atoms with E-state index in [2.05, 4.69) is 21.2 Å². The van der Waals surface area contributed by atoms with Crippen LogP contribution >= 0.6 is 15.9 Å². The Morgan fingerprint density at radius 2 is 1.85 bits per heavy atom. The fourth-order valence-electron chi connectivity index (χ4n) is 1.79. The largest absolute Gasteiger partial charge is 0.492 e. The Labute approximate surface area is 127 Å². The number of aryl methyl sites for hydroxylation is 1. The molecule has 0 heterocycles. The van der Waals surface area contributed by atoms with Crippen LogP contribution in [0.5, 0.6) is 5.75 Å².